The zero-order valence-electron chi connectivity index (χ0n) is 13.9. The summed E-state index contributed by atoms with van der Waals surface area (Å²) in [6, 6.07) is 3.63. The number of hydrogen-bond acceptors (Lipinski definition) is 4. The molecule has 1 aromatic carbocycles. The van der Waals surface area contributed by atoms with E-state index in [1.807, 2.05) is 13.0 Å². The van der Waals surface area contributed by atoms with Gasteiger partial charge >= 0.3 is 0 Å². The van der Waals surface area contributed by atoms with E-state index in [0.717, 1.165) is 57.1 Å². The molecule has 4 nitrogen and oxygen atoms in total. The first-order chi connectivity index (χ1) is 10.7. The lowest BCUT2D eigenvalue weighted by Crippen LogP contribution is -2.37. The quantitative estimate of drug-likeness (QED) is 0.644. The van der Waals surface area contributed by atoms with Gasteiger partial charge in [0.2, 0.25) is 0 Å². The van der Waals surface area contributed by atoms with E-state index >= 15 is 0 Å². The van der Waals surface area contributed by atoms with Gasteiger partial charge in [-0.25, -0.2) is 0 Å². The Morgan fingerprint density at radius 1 is 1.21 bits per heavy atom. The van der Waals surface area contributed by atoms with Crippen molar-refractivity contribution in [1.82, 2.24) is 10.2 Å². The predicted octanol–water partition coefficient (Wildman–Crippen LogP) is 4.05. The smallest absolute Gasteiger partial charge is 0.142 e. The van der Waals surface area contributed by atoms with E-state index in [0.29, 0.717) is 23.2 Å². The number of morpholine rings is 1. The average molecular weight is 420 g/mol. The lowest BCUT2D eigenvalue weighted by molar-refractivity contribution is 0.0374. The predicted molar refractivity (Wildman–Crippen MR) is 106 cm³/mol. The van der Waals surface area contributed by atoms with Crippen LogP contribution in [0.1, 0.15) is 18.9 Å². The lowest BCUT2D eigenvalue weighted by atomic mass is 10.2. The molecule has 1 fully saturated rings. The summed E-state index contributed by atoms with van der Waals surface area (Å²) in [4.78, 5) is 2.44. The van der Waals surface area contributed by atoms with Crippen molar-refractivity contribution in [2.75, 3.05) is 46.0 Å². The van der Waals surface area contributed by atoms with Crippen molar-refractivity contribution >= 4 is 48.0 Å². The maximum atomic E-state index is 6.20. The minimum Gasteiger partial charge on any atom is -0.492 e. The molecule has 8 heteroatoms. The van der Waals surface area contributed by atoms with Gasteiger partial charge in [-0.1, -0.05) is 23.2 Å². The van der Waals surface area contributed by atoms with E-state index < -0.39 is 0 Å². The number of nitrogens with one attached hydrogen (secondary N) is 1. The summed E-state index contributed by atoms with van der Waals surface area (Å²) < 4.78 is 11.0. The number of halogens is 4. The number of hydrogen-bond donors (Lipinski definition) is 1. The normalized spacial score (nSPS) is 14.6. The van der Waals surface area contributed by atoms with Gasteiger partial charge in [0.1, 0.15) is 5.75 Å². The Labute approximate surface area is 167 Å². The average Bonchev–Trinajstić information content (AvgIpc) is 2.51. The first-order valence-corrected chi connectivity index (χ1v) is 8.58. The van der Waals surface area contributed by atoms with E-state index in [-0.39, 0.29) is 24.8 Å². The molecule has 140 valence electrons. The molecule has 1 saturated heterocycles. The first kappa shape index (κ1) is 24.1. The van der Waals surface area contributed by atoms with Crippen LogP contribution < -0.4 is 10.1 Å². The molecule has 0 amide bonds. The topological polar surface area (TPSA) is 33.7 Å². The first-order valence-electron chi connectivity index (χ1n) is 7.82. The Kier molecular flexibility index (Phi) is 13.3. The second kappa shape index (κ2) is 13.3. The molecule has 0 aliphatic carbocycles. The standard InChI is InChI=1S/C16H24Cl2N2O2.2ClH/c1-2-22-16-13(10-14(17)11-15(16)18)12-19-4-3-5-20-6-8-21-9-7-20;;/h10-11,19H,2-9,12H2,1H3;2*1H. The van der Waals surface area contributed by atoms with Crippen molar-refractivity contribution in [1.29, 1.82) is 0 Å². The molecule has 0 atom stereocenters. The van der Waals surface area contributed by atoms with Gasteiger partial charge in [0, 0.05) is 30.2 Å². The Hall–Kier alpha value is 0.0600. The molecule has 1 N–H and O–H groups in total. The zero-order valence-corrected chi connectivity index (χ0v) is 17.0. The molecule has 0 saturated carbocycles. The van der Waals surface area contributed by atoms with Crippen molar-refractivity contribution in [2.45, 2.75) is 19.9 Å². The van der Waals surface area contributed by atoms with Gasteiger partial charge in [-0.3, -0.25) is 4.90 Å². The van der Waals surface area contributed by atoms with Crippen LogP contribution >= 0.6 is 48.0 Å². The monoisotopic (exact) mass is 418 g/mol. The SMILES string of the molecule is CCOc1c(Cl)cc(Cl)cc1CNCCCN1CCOCC1.Cl.Cl. The minimum absolute atomic E-state index is 0. The summed E-state index contributed by atoms with van der Waals surface area (Å²) in [6.07, 6.45) is 1.11. The highest BCUT2D eigenvalue weighted by molar-refractivity contribution is 6.35. The summed E-state index contributed by atoms with van der Waals surface area (Å²) in [6.45, 7) is 9.09. The molecule has 1 heterocycles. The van der Waals surface area contributed by atoms with Crippen LogP contribution in [0, 0.1) is 0 Å². The van der Waals surface area contributed by atoms with Gasteiger partial charge in [-0.2, -0.15) is 0 Å². The van der Waals surface area contributed by atoms with Crippen molar-refractivity contribution in [3.8, 4) is 5.75 Å². The van der Waals surface area contributed by atoms with Gasteiger partial charge in [0.15, 0.2) is 0 Å². The second-order valence-electron chi connectivity index (χ2n) is 5.29. The number of nitrogens with zero attached hydrogens (tertiary/aromatic N) is 1. The molecule has 24 heavy (non-hydrogen) atoms. The van der Waals surface area contributed by atoms with Crippen LogP contribution in [0.25, 0.3) is 0 Å². The highest BCUT2D eigenvalue weighted by atomic mass is 35.5. The van der Waals surface area contributed by atoms with E-state index in [4.69, 9.17) is 32.7 Å². The van der Waals surface area contributed by atoms with Crippen LogP contribution in [0.5, 0.6) is 5.75 Å². The number of ether oxygens (including phenoxy) is 2. The third-order valence-corrected chi connectivity index (χ3v) is 4.12. The van der Waals surface area contributed by atoms with Gasteiger partial charge in [0.05, 0.1) is 24.8 Å². The molecule has 0 unspecified atom stereocenters. The van der Waals surface area contributed by atoms with Gasteiger partial charge in [0.25, 0.3) is 0 Å². The van der Waals surface area contributed by atoms with Gasteiger partial charge in [-0.05, 0) is 38.6 Å². The molecular formula is C16H26Cl4N2O2. The van der Waals surface area contributed by atoms with Crippen LogP contribution in [0.2, 0.25) is 10.0 Å². The molecule has 1 aliphatic rings. The van der Waals surface area contributed by atoms with Crippen molar-refractivity contribution in [3.05, 3.63) is 27.7 Å². The van der Waals surface area contributed by atoms with Crippen molar-refractivity contribution in [2.24, 2.45) is 0 Å². The molecule has 0 spiro atoms. The Morgan fingerprint density at radius 3 is 2.58 bits per heavy atom. The van der Waals surface area contributed by atoms with Gasteiger partial charge < -0.3 is 14.8 Å². The third kappa shape index (κ3) is 7.96. The molecule has 0 radical (unpaired) electrons. The zero-order chi connectivity index (χ0) is 15.8. The fraction of sp³-hybridized carbons (Fsp3) is 0.625. The lowest BCUT2D eigenvalue weighted by Gasteiger charge is -2.26. The fourth-order valence-electron chi connectivity index (χ4n) is 2.53. The summed E-state index contributed by atoms with van der Waals surface area (Å²) in [5, 5.41) is 4.65. The Bertz CT molecular complexity index is 472. The Morgan fingerprint density at radius 2 is 1.92 bits per heavy atom. The van der Waals surface area contributed by atoms with Crippen LogP contribution in [-0.2, 0) is 11.3 Å². The molecule has 0 bridgehead atoms. The summed E-state index contributed by atoms with van der Waals surface area (Å²) >= 11 is 12.3. The summed E-state index contributed by atoms with van der Waals surface area (Å²) in [5.74, 6) is 0.731. The molecular weight excluding hydrogens is 394 g/mol. The van der Waals surface area contributed by atoms with Crippen LogP contribution in [-0.4, -0.2) is 50.9 Å². The van der Waals surface area contributed by atoms with Crippen LogP contribution in [0.15, 0.2) is 12.1 Å². The van der Waals surface area contributed by atoms with E-state index in [1.165, 1.54) is 0 Å². The molecule has 0 aromatic heterocycles. The Balaban J connectivity index is 0.00000264. The van der Waals surface area contributed by atoms with Crippen molar-refractivity contribution < 1.29 is 9.47 Å². The van der Waals surface area contributed by atoms with E-state index in [2.05, 4.69) is 10.2 Å². The third-order valence-electron chi connectivity index (χ3n) is 3.62. The minimum atomic E-state index is 0. The van der Waals surface area contributed by atoms with E-state index in [1.54, 1.807) is 6.07 Å². The highest BCUT2D eigenvalue weighted by Gasteiger charge is 2.11. The van der Waals surface area contributed by atoms with Crippen LogP contribution in [0.4, 0.5) is 0 Å². The summed E-state index contributed by atoms with van der Waals surface area (Å²) in [7, 11) is 0. The van der Waals surface area contributed by atoms with Gasteiger partial charge in [-0.15, -0.1) is 24.8 Å². The molecule has 2 rings (SSSR count). The van der Waals surface area contributed by atoms with Crippen molar-refractivity contribution in [3.63, 3.8) is 0 Å². The number of benzene rings is 1. The van der Waals surface area contributed by atoms with E-state index in [9.17, 15) is 0 Å². The fourth-order valence-corrected chi connectivity index (χ4v) is 3.12. The highest BCUT2D eigenvalue weighted by Crippen LogP contribution is 2.32. The summed E-state index contributed by atoms with van der Waals surface area (Å²) in [5.41, 5.74) is 1.01. The largest absolute Gasteiger partial charge is 0.492 e. The maximum absolute atomic E-state index is 6.20. The second-order valence-corrected chi connectivity index (χ2v) is 6.14. The maximum Gasteiger partial charge on any atom is 0.142 e. The molecule has 1 aromatic rings. The number of rotatable bonds is 8. The molecule has 1 aliphatic heterocycles. The van der Waals surface area contributed by atoms with Crippen LogP contribution in [0.3, 0.4) is 0 Å².